The van der Waals surface area contributed by atoms with Crippen LogP contribution in [0.5, 0.6) is 0 Å². The molecule has 0 N–H and O–H groups in total. The second-order valence-electron chi connectivity index (χ2n) is 6.29. The maximum Gasteiger partial charge on any atom is 0.0833 e. The molecule has 1 heterocycles. The van der Waals surface area contributed by atoms with Gasteiger partial charge >= 0.3 is 0 Å². The fraction of sp³-hybridized carbons (Fsp3) is 0.600. The smallest absolute Gasteiger partial charge is 0.0833 e. The van der Waals surface area contributed by atoms with E-state index in [1.54, 1.807) is 6.07 Å². The fourth-order valence-electron chi connectivity index (χ4n) is 2.09. The second-order valence-corrected chi connectivity index (χ2v) is 10.3. The van der Waals surface area contributed by atoms with E-state index in [1.807, 2.05) is 35.7 Å². The van der Waals surface area contributed by atoms with Crippen LogP contribution in [0.2, 0.25) is 10.0 Å². The molecule has 0 spiro atoms. The molecule has 0 amide bonds. The molecule has 0 aromatic heterocycles. The van der Waals surface area contributed by atoms with Gasteiger partial charge in [0.25, 0.3) is 0 Å². The first-order valence-corrected chi connectivity index (χ1v) is 9.18. The molecule has 2 rings (SSSR count). The highest BCUT2D eigenvalue weighted by Crippen LogP contribution is 2.54. The van der Waals surface area contributed by atoms with Crippen molar-refractivity contribution in [1.29, 1.82) is 0 Å². The highest BCUT2D eigenvalue weighted by molar-refractivity contribution is 8.18. The van der Waals surface area contributed by atoms with Crippen LogP contribution in [-0.2, 0) is 4.08 Å². The highest BCUT2D eigenvalue weighted by Gasteiger charge is 2.38. The molecule has 1 fully saturated rings. The molecule has 0 nitrogen and oxygen atoms in total. The maximum absolute atomic E-state index is 6.13. The summed E-state index contributed by atoms with van der Waals surface area (Å²) >= 11 is 16.3. The van der Waals surface area contributed by atoms with Gasteiger partial charge in [-0.2, -0.15) is 0 Å². The van der Waals surface area contributed by atoms with Gasteiger partial charge in [-0.1, -0.05) is 44.0 Å². The summed E-state index contributed by atoms with van der Waals surface area (Å²) in [5, 5.41) is 1.45. The molecule has 106 valence electrons. The number of hydrogen-bond donors (Lipinski definition) is 0. The van der Waals surface area contributed by atoms with E-state index in [0.717, 1.165) is 16.0 Å². The van der Waals surface area contributed by atoms with Crippen LogP contribution in [0, 0.1) is 11.3 Å². The number of hydrogen-bond acceptors (Lipinski definition) is 2. The zero-order chi connectivity index (χ0) is 14.3. The van der Waals surface area contributed by atoms with Crippen molar-refractivity contribution in [2.24, 2.45) is 11.3 Å². The van der Waals surface area contributed by atoms with E-state index in [4.69, 9.17) is 23.2 Å². The lowest BCUT2D eigenvalue weighted by atomic mass is 9.83. The Bertz CT molecular complexity index is 437. The normalized spacial score (nSPS) is 28.4. The van der Waals surface area contributed by atoms with E-state index in [2.05, 4.69) is 27.7 Å². The lowest BCUT2D eigenvalue weighted by molar-refractivity contribution is 0.292. The van der Waals surface area contributed by atoms with Crippen LogP contribution in [0.15, 0.2) is 18.2 Å². The van der Waals surface area contributed by atoms with Crippen LogP contribution in [0.3, 0.4) is 0 Å². The van der Waals surface area contributed by atoms with Crippen LogP contribution in [0.25, 0.3) is 0 Å². The van der Waals surface area contributed by atoms with Gasteiger partial charge in [0, 0.05) is 10.0 Å². The maximum atomic E-state index is 6.13. The van der Waals surface area contributed by atoms with Gasteiger partial charge in [-0.05, 0) is 53.5 Å². The van der Waals surface area contributed by atoms with Crippen LogP contribution in [0.4, 0.5) is 0 Å². The Labute approximate surface area is 135 Å². The van der Waals surface area contributed by atoms with Gasteiger partial charge in [-0.15, -0.1) is 23.5 Å². The Hall–Kier alpha value is 0.500. The predicted octanol–water partition coefficient (Wildman–Crippen LogP) is 6.31. The molecule has 0 bridgehead atoms. The lowest BCUT2D eigenvalue weighted by Gasteiger charge is -2.41. The molecule has 0 unspecified atom stereocenters. The van der Waals surface area contributed by atoms with Crippen molar-refractivity contribution in [1.82, 2.24) is 0 Å². The summed E-state index contributed by atoms with van der Waals surface area (Å²) in [7, 11) is 0. The third-order valence-corrected chi connectivity index (χ3v) is 7.59. The van der Waals surface area contributed by atoms with Crippen LogP contribution in [-0.4, -0.2) is 11.5 Å². The van der Waals surface area contributed by atoms with E-state index in [0.29, 0.717) is 5.41 Å². The van der Waals surface area contributed by atoms with Gasteiger partial charge in [0.1, 0.15) is 0 Å². The molecule has 1 aromatic carbocycles. The van der Waals surface area contributed by atoms with Crippen molar-refractivity contribution in [3.8, 4) is 0 Å². The Balaban J connectivity index is 2.18. The summed E-state index contributed by atoms with van der Waals surface area (Å²) in [6.45, 7) is 9.27. The monoisotopic (exact) mass is 334 g/mol. The van der Waals surface area contributed by atoms with E-state index < -0.39 is 0 Å². The molecule has 0 saturated carbocycles. The topological polar surface area (TPSA) is 0 Å². The van der Waals surface area contributed by atoms with Gasteiger partial charge in [-0.25, -0.2) is 0 Å². The molecular formula is C15H20Cl2S2. The first-order chi connectivity index (χ1) is 8.71. The molecule has 1 aliphatic heterocycles. The van der Waals surface area contributed by atoms with Crippen molar-refractivity contribution < 1.29 is 0 Å². The molecular weight excluding hydrogens is 315 g/mol. The molecule has 0 radical (unpaired) electrons. The Morgan fingerprint density at radius 2 is 1.53 bits per heavy atom. The van der Waals surface area contributed by atoms with E-state index in [-0.39, 0.29) is 4.08 Å². The quantitative estimate of drug-likeness (QED) is 0.590. The minimum Gasteiger partial charge on any atom is -0.139 e. The number of thioether (sulfide) groups is 2. The summed E-state index contributed by atoms with van der Waals surface area (Å²) in [6, 6.07) is 5.89. The van der Waals surface area contributed by atoms with Gasteiger partial charge in [-0.3, -0.25) is 0 Å². The molecule has 0 aliphatic carbocycles. The number of halogens is 2. The largest absolute Gasteiger partial charge is 0.139 e. The second kappa shape index (κ2) is 5.71. The van der Waals surface area contributed by atoms with Gasteiger partial charge < -0.3 is 0 Å². The van der Waals surface area contributed by atoms with Crippen molar-refractivity contribution in [3.05, 3.63) is 33.8 Å². The zero-order valence-electron chi connectivity index (χ0n) is 11.8. The molecule has 0 atom stereocenters. The number of benzene rings is 1. The average molecular weight is 335 g/mol. The third kappa shape index (κ3) is 3.78. The van der Waals surface area contributed by atoms with Crippen LogP contribution >= 0.6 is 46.7 Å². The standard InChI is InChI=1S/C15H20Cl2S2/c1-14(2,3)11-8-18-15(4,19-9-11)10-5-12(16)7-13(17)6-10/h5-7,11H,8-9H2,1-4H3. The first-order valence-electron chi connectivity index (χ1n) is 6.45. The Morgan fingerprint density at radius 1 is 1.05 bits per heavy atom. The molecule has 1 aliphatic rings. The summed E-state index contributed by atoms with van der Waals surface area (Å²) in [5.41, 5.74) is 1.61. The minimum absolute atomic E-state index is 0.0658. The molecule has 1 aromatic rings. The third-order valence-electron chi connectivity index (χ3n) is 3.73. The van der Waals surface area contributed by atoms with Crippen molar-refractivity contribution in [3.63, 3.8) is 0 Å². The molecule has 1 saturated heterocycles. The Morgan fingerprint density at radius 3 is 1.95 bits per heavy atom. The first kappa shape index (κ1) is 15.9. The predicted molar refractivity (Wildman–Crippen MR) is 91.7 cm³/mol. The van der Waals surface area contributed by atoms with Gasteiger partial charge in [0.15, 0.2) is 0 Å². The van der Waals surface area contributed by atoms with E-state index in [1.165, 1.54) is 17.1 Å². The van der Waals surface area contributed by atoms with Crippen molar-refractivity contribution in [2.45, 2.75) is 31.8 Å². The Kier molecular flexibility index (Phi) is 4.77. The van der Waals surface area contributed by atoms with Crippen LogP contribution < -0.4 is 0 Å². The van der Waals surface area contributed by atoms with Crippen molar-refractivity contribution in [2.75, 3.05) is 11.5 Å². The van der Waals surface area contributed by atoms with E-state index >= 15 is 0 Å². The van der Waals surface area contributed by atoms with Gasteiger partial charge in [0.2, 0.25) is 0 Å². The van der Waals surface area contributed by atoms with Gasteiger partial charge in [0.05, 0.1) is 4.08 Å². The summed E-state index contributed by atoms with van der Waals surface area (Å²) in [5.74, 6) is 3.14. The summed E-state index contributed by atoms with van der Waals surface area (Å²) in [6.07, 6.45) is 0. The van der Waals surface area contributed by atoms with E-state index in [9.17, 15) is 0 Å². The SMILES string of the molecule is CC1(c2cc(Cl)cc(Cl)c2)SCC(C(C)(C)C)CS1. The fourth-order valence-corrected chi connectivity index (χ4v) is 6.35. The van der Waals surface area contributed by atoms with Crippen molar-refractivity contribution >= 4 is 46.7 Å². The minimum atomic E-state index is 0.0658. The molecule has 19 heavy (non-hydrogen) atoms. The van der Waals surface area contributed by atoms with Crippen LogP contribution in [0.1, 0.15) is 33.3 Å². The average Bonchev–Trinajstić information content (AvgIpc) is 2.27. The number of rotatable bonds is 1. The zero-order valence-corrected chi connectivity index (χ0v) is 14.9. The summed E-state index contributed by atoms with van der Waals surface area (Å²) < 4.78 is 0.0658. The summed E-state index contributed by atoms with van der Waals surface area (Å²) in [4.78, 5) is 0. The molecule has 4 heteroatoms. The highest BCUT2D eigenvalue weighted by atomic mass is 35.5. The lowest BCUT2D eigenvalue weighted by Crippen LogP contribution is -2.32.